The molecule has 1 atom stereocenters. The molecule has 29 heavy (non-hydrogen) atoms. The van der Waals surface area contributed by atoms with Gasteiger partial charge in [0.2, 0.25) is 5.95 Å². The van der Waals surface area contributed by atoms with Crippen molar-refractivity contribution < 1.29 is 14.6 Å². The molecular formula is C18H22BrClN6O3. The number of nitrogens with one attached hydrogen (secondary N) is 1. The SMILES string of the molecule is CN(C)CCNc1nc2c3c(c(Cl)c(Br)cc3n1)OC[C@@H]1CN(C(=O)O)CCN21. The summed E-state index contributed by atoms with van der Waals surface area (Å²) in [6, 6.07) is 1.70. The number of halogens is 2. The monoisotopic (exact) mass is 484 g/mol. The third kappa shape index (κ3) is 3.88. The third-order valence-corrected chi connectivity index (χ3v) is 6.33. The number of rotatable bonds is 4. The molecule has 0 aliphatic carbocycles. The lowest BCUT2D eigenvalue weighted by Crippen LogP contribution is -2.56. The van der Waals surface area contributed by atoms with E-state index < -0.39 is 6.09 Å². The highest BCUT2D eigenvalue weighted by atomic mass is 79.9. The van der Waals surface area contributed by atoms with Crippen molar-refractivity contribution in [2.24, 2.45) is 0 Å². The number of ether oxygens (including phenoxy) is 1. The molecule has 0 spiro atoms. The van der Waals surface area contributed by atoms with Crippen molar-refractivity contribution >= 4 is 56.3 Å². The van der Waals surface area contributed by atoms with E-state index in [1.165, 1.54) is 4.90 Å². The topological polar surface area (TPSA) is 94.1 Å². The van der Waals surface area contributed by atoms with Gasteiger partial charge >= 0.3 is 6.09 Å². The van der Waals surface area contributed by atoms with Crippen LogP contribution in [0.5, 0.6) is 5.75 Å². The Morgan fingerprint density at radius 1 is 1.45 bits per heavy atom. The van der Waals surface area contributed by atoms with E-state index >= 15 is 0 Å². The van der Waals surface area contributed by atoms with Crippen LogP contribution in [0.15, 0.2) is 10.5 Å². The van der Waals surface area contributed by atoms with Gasteiger partial charge in [-0.1, -0.05) is 11.6 Å². The van der Waals surface area contributed by atoms with Crippen LogP contribution in [-0.2, 0) is 0 Å². The molecule has 1 amide bonds. The van der Waals surface area contributed by atoms with E-state index in [2.05, 4.69) is 36.0 Å². The molecule has 0 saturated carbocycles. The molecule has 3 heterocycles. The van der Waals surface area contributed by atoms with Gasteiger partial charge in [0.05, 0.1) is 22.0 Å². The average molecular weight is 486 g/mol. The maximum atomic E-state index is 11.4. The first-order valence-electron chi connectivity index (χ1n) is 9.31. The summed E-state index contributed by atoms with van der Waals surface area (Å²) < 4.78 is 6.74. The normalized spacial score (nSPS) is 18.4. The molecule has 2 aliphatic rings. The lowest BCUT2D eigenvalue weighted by molar-refractivity contribution is 0.127. The fraction of sp³-hybridized carbons (Fsp3) is 0.500. The highest BCUT2D eigenvalue weighted by Gasteiger charge is 2.36. The van der Waals surface area contributed by atoms with Crippen LogP contribution in [0.4, 0.5) is 16.6 Å². The molecule has 2 aromatic rings. The van der Waals surface area contributed by atoms with Crippen molar-refractivity contribution in [3.63, 3.8) is 0 Å². The molecule has 11 heteroatoms. The summed E-state index contributed by atoms with van der Waals surface area (Å²) in [7, 11) is 4.01. The number of carboxylic acid groups (broad SMARTS) is 1. The van der Waals surface area contributed by atoms with Gasteiger partial charge in [-0.05, 0) is 36.1 Å². The van der Waals surface area contributed by atoms with E-state index in [0.29, 0.717) is 54.0 Å². The maximum absolute atomic E-state index is 11.4. The van der Waals surface area contributed by atoms with Gasteiger partial charge in [-0.15, -0.1) is 0 Å². The molecule has 1 saturated heterocycles. The molecule has 156 valence electrons. The number of amides is 1. The van der Waals surface area contributed by atoms with Crippen molar-refractivity contribution in [1.82, 2.24) is 19.8 Å². The zero-order valence-electron chi connectivity index (χ0n) is 16.2. The van der Waals surface area contributed by atoms with E-state index in [4.69, 9.17) is 21.3 Å². The van der Waals surface area contributed by atoms with Crippen molar-refractivity contribution in [1.29, 1.82) is 0 Å². The van der Waals surface area contributed by atoms with E-state index in [9.17, 15) is 9.90 Å². The molecule has 0 unspecified atom stereocenters. The number of benzene rings is 1. The first kappa shape index (κ1) is 20.2. The van der Waals surface area contributed by atoms with Gasteiger partial charge in [-0.2, -0.15) is 4.98 Å². The Morgan fingerprint density at radius 2 is 2.24 bits per heavy atom. The molecule has 2 aliphatic heterocycles. The minimum Gasteiger partial charge on any atom is -0.489 e. The smallest absolute Gasteiger partial charge is 0.407 e. The van der Waals surface area contributed by atoms with E-state index in [1.807, 2.05) is 20.2 Å². The molecule has 0 bridgehead atoms. The molecule has 9 nitrogen and oxygen atoms in total. The summed E-state index contributed by atoms with van der Waals surface area (Å²) in [6.45, 7) is 3.13. The Balaban J connectivity index is 1.78. The van der Waals surface area contributed by atoms with Gasteiger partial charge in [0.15, 0.2) is 5.75 Å². The predicted molar refractivity (Wildman–Crippen MR) is 116 cm³/mol. The minimum atomic E-state index is -0.925. The average Bonchev–Trinajstić information content (AvgIpc) is 2.83. The highest BCUT2D eigenvalue weighted by Crippen LogP contribution is 2.45. The van der Waals surface area contributed by atoms with E-state index in [-0.39, 0.29) is 6.04 Å². The van der Waals surface area contributed by atoms with Crippen LogP contribution in [0.3, 0.4) is 0 Å². The van der Waals surface area contributed by atoms with E-state index in [0.717, 1.165) is 23.3 Å². The van der Waals surface area contributed by atoms with Gasteiger partial charge in [0.1, 0.15) is 12.4 Å². The highest BCUT2D eigenvalue weighted by molar-refractivity contribution is 9.10. The van der Waals surface area contributed by atoms with Crippen LogP contribution < -0.4 is 15.0 Å². The molecule has 2 N–H and O–H groups in total. The maximum Gasteiger partial charge on any atom is 0.407 e. The van der Waals surface area contributed by atoms with Crippen molar-refractivity contribution in [3.8, 4) is 5.75 Å². The summed E-state index contributed by atoms with van der Waals surface area (Å²) in [6.07, 6.45) is -0.925. The van der Waals surface area contributed by atoms with Crippen LogP contribution >= 0.6 is 27.5 Å². The number of hydrogen-bond acceptors (Lipinski definition) is 7. The number of fused-ring (bicyclic) bond motifs is 2. The van der Waals surface area contributed by atoms with Crippen LogP contribution in [0, 0.1) is 0 Å². The third-order valence-electron chi connectivity index (χ3n) is 5.10. The lowest BCUT2D eigenvalue weighted by atomic mass is 10.1. The number of anilines is 2. The van der Waals surface area contributed by atoms with Crippen LogP contribution in [-0.4, -0.2) is 90.4 Å². The lowest BCUT2D eigenvalue weighted by Gasteiger charge is -2.39. The van der Waals surface area contributed by atoms with Crippen molar-refractivity contribution in [2.75, 3.05) is 63.6 Å². The summed E-state index contributed by atoms with van der Waals surface area (Å²) in [5.74, 6) is 1.78. The quantitative estimate of drug-likeness (QED) is 0.682. The number of piperazine rings is 1. The van der Waals surface area contributed by atoms with Crippen LogP contribution in [0.25, 0.3) is 10.9 Å². The second-order valence-electron chi connectivity index (χ2n) is 7.38. The first-order chi connectivity index (χ1) is 13.8. The second kappa shape index (κ2) is 8.00. The Kier molecular flexibility index (Phi) is 5.58. The molecule has 1 fully saturated rings. The standard InChI is InChI=1S/C18H22BrClN6O3/c1-24(2)4-3-21-17-22-12-7-11(19)14(20)15-13(12)16(23-17)26-6-5-25(18(27)28)8-10(26)9-29-15/h7,10H,3-6,8-9H2,1-2H3,(H,27,28)(H,21,22,23)/t10-/m0/s1. The number of nitrogens with zero attached hydrogens (tertiary/aromatic N) is 5. The number of likely N-dealkylation sites (N-methyl/N-ethyl adjacent to an activating group) is 1. The summed E-state index contributed by atoms with van der Waals surface area (Å²) >= 11 is 10.00. The molecular weight excluding hydrogens is 464 g/mol. The molecule has 4 rings (SSSR count). The number of aromatic nitrogens is 2. The zero-order chi connectivity index (χ0) is 20.7. The van der Waals surface area contributed by atoms with Gasteiger partial charge < -0.3 is 29.9 Å². The Bertz CT molecular complexity index is 959. The largest absolute Gasteiger partial charge is 0.489 e. The molecule has 1 aromatic carbocycles. The number of hydrogen-bond donors (Lipinski definition) is 2. The van der Waals surface area contributed by atoms with Gasteiger partial charge in [-0.3, -0.25) is 0 Å². The Hall–Kier alpha value is -2.04. The van der Waals surface area contributed by atoms with Crippen LogP contribution in [0.1, 0.15) is 0 Å². The predicted octanol–water partition coefficient (Wildman–Crippen LogP) is 2.58. The fourth-order valence-corrected chi connectivity index (χ4v) is 4.23. The first-order valence-corrected chi connectivity index (χ1v) is 10.5. The summed E-state index contributed by atoms with van der Waals surface area (Å²) in [4.78, 5) is 26.5. The van der Waals surface area contributed by atoms with Crippen molar-refractivity contribution in [3.05, 3.63) is 15.6 Å². The molecule has 1 aromatic heterocycles. The minimum absolute atomic E-state index is 0.158. The summed E-state index contributed by atoms with van der Waals surface area (Å²) in [5.41, 5.74) is 0.718. The Labute approximate surface area is 181 Å². The fourth-order valence-electron chi connectivity index (χ4n) is 3.63. The van der Waals surface area contributed by atoms with Gasteiger partial charge in [0, 0.05) is 37.2 Å². The number of carbonyl (C=O) groups is 1. The van der Waals surface area contributed by atoms with Gasteiger partial charge in [0.25, 0.3) is 0 Å². The zero-order valence-corrected chi connectivity index (χ0v) is 18.5. The van der Waals surface area contributed by atoms with Gasteiger partial charge in [-0.25, -0.2) is 9.78 Å². The summed E-state index contributed by atoms with van der Waals surface area (Å²) in [5, 5.41) is 13.9. The second-order valence-corrected chi connectivity index (χ2v) is 8.62. The Morgan fingerprint density at radius 3 is 2.97 bits per heavy atom. The van der Waals surface area contributed by atoms with Crippen LogP contribution in [0.2, 0.25) is 5.02 Å². The molecule has 0 radical (unpaired) electrons. The van der Waals surface area contributed by atoms with E-state index in [1.54, 1.807) is 0 Å². The van der Waals surface area contributed by atoms with Crippen molar-refractivity contribution in [2.45, 2.75) is 6.04 Å².